The van der Waals surface area contributed by atoms with Crippen LogP contribution in [0.1, 0.15) is 50.5 Å². The van der Waals surface area contributed by atoms with E-state index in [9.17, 15) is 4.79 Å². The molecule has 0 spiro atoms. The molecular weight excluding hydrogens is 412 g/mol. The molecule has 3 fully saturated rings. The van der Waals surface area contributed by atoms with E-state index < -0.39 is 0 Å². The Morgan fingerprint density at radius 1 is 1.06 bits per heavy atom. The Labute approximate surface area is 197 Å². The summed E-state index contributed by atoms with van der Waals surface area (Å²) < 4.78 is 0. The lowest BCUT2D eigenvalue weighted by molar-refractivity contribution is -0.117. The maximum atomic E-state index is 13.0. The van der Waals surface area contributed by atoms with Gasteiger partial charge in [0.1, 0.15) is 5.82 Å². The van der Waals surface area contributed by atoms with E-state index in [0.29, 0.717) is 12.3 Å². The molecule has 2 saturated carbocycles. The highest BCUT2D eigenvalue weighted by Gasteiger charge is 2.32. The molecule has 2 N–H and O–H groups in total. The van der Waals surface area contributed by atoms with Crippen molar-refractivity contribution in [1.29, 1.82) is 0 Å². The van der Waals surface area contributed by atoms with Gasteiger partial charge in [-0.3, -0.25) is 9.69 Å². The summed E-state index contributed by atoms with van der Waals surface area (Å²) in [7, 11) is 0. The first-order valence-electron chi connectivity index (χ1n) is 12.9. The summed E-state index contributed by atoms with van der Waals surface area (Å²) >= 11 is 0. The molecule has 2 atom stereocenters. The van der Waals surface area contributed by atoms with Crippen LogP contribution in [0.2, 0.25) is 0 Å². The number of β-amino-alcohol motifs (C(OH)–C–C–N with tert-alkyl or cyclic N) is 1. The zero-order chi connectivity index (χ0) is 22.8. The van der Waals surface area contributed by atoms with Crippen LogP contribution in [0.4, 0.5) is 11.5 Å². The number of nitrogens with one attached hydrogen (secondary N) is 1. The monoisotopic (exact) mass is 450 g/mol. The predicted octanol–water partition coefficient (Wildman–Crippen LogP) is 4.20. The minimum absolute atomic E-state index is 0.152. The number of rotatable bonds is 6. The van der Waals surface area contributed by atoms with Gasteiger partial charge in [-0.05, 0) is 67.7 Å². The second-order valence-electron chi connectivity index (χ2n) is 10.5. The molecule has 1 aromatic heterocycles. The van der Waals surface area contributed by atoms with Gasteiger partial charge in [0.25, 0.3) is 0 Å². The molecule has 2 aromatic rings. The van der Waals surface area contributed by atoms with E-state index in [1.54, 1.807) is 0 Å². The zero-order valence-electron chi connectivity index (χ0n) is 19.9. The van der Waals surface area contributed by atoms with Crippen molar-refractivity contribution in [3.05, 3.63) is 29.8 Å². The number of aromatic nitrogens is 1. The first-order valence-corrected chi connectivity index (χ1v) is 12.9. The lowest BCUT2D eigenvalue weighted by Gasteiger charge is -2.38. The molecule has 6 heteroatoms. The summed E-state index contributed by atoms with van der Waals surface area (Å²) in [5.74, 6) is 3.38. The molecule has 1 saturated heterocycles. The number of pyridine rings is 1. The van der Waals surface area contributed by atoms with Crippen molar-refractivity contribution in [3.8, 4) is 0 Å². The number of amides is 1. The Hall–Kier alpha value is -2.18. The lowest BCUT2D eigenvalue weighted by atomic mass is 9.67. The van der Waals surface area contributed by atoms with Crippen molar-refractivity contribution >= 4 is 28.3 Å². The van der Waals surface area contributed by atoms with Gasteiger partial charge >= 0.3 is 0 Å². The van der Waals surface area contributed by atoms with Gasteiger partial charge in [-0.2, -0.15) is 0 Å². The van der Waals surface area contributed by atoms with Crippen LogP contribution in [0.15, 0.2) is 24.3 Å². The van der Waals surface area contributed by atoms with Gasteiger partial charge in [-0.1, -0.05) is 25.3 Å². The topological polar surface area (TPSA) is 68.7 Å². The molecule has 1 aliphatic heterocycles. The molecular formula is C27H38N4O2. The molecule has 5 rings (SSSR count). The number of nitrogens with zero attached hydrogens (tertiary/aromatic N) is 3. The number of carbonyl (C=O) groups excluding carboxylic acids is 1. The van der Waals surface area contributed by atoms with Crippen LogP contribution in [-0.4, -0.2) is 60.2 Å². The maximum absolute atomic E-state index is 13.0. The van der Waals surface area contributed by atoms with E-state index in [-0.39, 0.29) is 12.5 Å². The number of hydrogen-bond acceptors (Lipinski definition) is 5. The van der Waals surface area contributed by atoms with Crippen LogP contribution in [0.25, 0.3) is 10.9 Å². The first-order chi connectivity index (χ1) is 16.1. The van der Waals surface area contributed by atoms with E-state index in [0.717, 1.165) is 72.5 Å². The summed E-state index contributed by atoms with van der Waals surface area (Å²) in [4.78, 5) is 22.6. The molecule has 1 aromatic carbocycles. The van der Waals surface area contributed by atoms with Crippen LogP contribution >= 0.6 is 0 Å². The third kappa shape index (κ3) is 5.17. The highest BCUT2D eigenvalue weighted by atomic mass is 16.3. The number of anilines is 2. The summed E-state index contributed by atoms with van der Waals surface area (Å²) in [5.41, 5.74) is 2.93. The quantitative estimate of drug-likeness (QED) is 0.690. The fraction of sp³-hybridized carbons (Fsp3) is 0.630. The van der Waals surface area contributed by atoms with Crippen LogP contribution in [0.3, 0.4) is 0 Å². The average molecular weight is 451 g/mol. The molecule has 3 aliphatic rings. The number of carbonyl (C=O) groups is 1. The number of aliphatic hydroxyl groups is 1. The van der Waals surface area contributed by atoms with E-state index in [4.69, 9.17) is 10.1 Å². The fourth-order valence-electron chi connectivity index (χ4n) is 6.48. The highest BCUT2D eigenvalue weighted by molar-refractivity contribution is 6.02. The third-order valence-electron chi connectivity index (χ3n) is 8.14. The van der Waals surface area contributed by atoms with Crippen LogP contribution in [-0.2, 0) is 4.79 Å². The van der Waals surface area contributed by atoms with Crippen molar-refractivity contribution in [3.63, 3.8) is 0 Å². The standard InChI is InChI=1S/C27H38N4O2/c1-19-5-7-24-23(6-8-25(28-24)31-11-9-30(10-12-31)13-14-32)27(19)29-26(33)18-22-16-20-3-2-4-21(15-20)17-22/h5-8,20-22,32H,2-4,9-18H2,1H3,(H,29,33). The van der Waals surface area contributed by atoms with Gasteiger partial charge in [-0.25, -0.2) is 4.98 Å². The smallest absolute Gasteiger partial charge is 0.224 e. The van der Waals surface area contributed by atoms with E-state index in [1.807, 2.05) is 0 Å². The maximum Gasteiger partial charge on any atom is 0.224 e. The van der Waals surface area contributed by atoms with Crippen molar-refractivity contribution in [2.75, 3.05) is 49.5 Å². The van der Waals surface area contributed by atoms with Gasteiger partial charge in [-0.15, -0.1) is 0 Å². The van der Waals surface area contributed by atoms with Gasteiger partial charge in [0.2, 0.25) is 5.91 Å². The number of aliphatic hydroxyl groups excluding tert-OH is 1. The Morgan fingerprint density at radius 3 is 2.55 bits per heavy atom. The predicted molar refractivity (Wildman–Crippen MR) is 134 cm³/mol. The van der Waals surface area contributed by atoms with E-state index >= 15 is 0 Å². The Kier molecular flexibility index (Phi) is 6.84. The van der Waals surface area contributed by atoms with Gasteiger partial charge < -0.3 is 15.3 Å². The second kappa shape index (κ2) is 9.98. The highest BCUT2D eigenvalue weighted by Crippen LogP contribution is 2.43. The van der Waals surface area contributed by atoms with Crippen LogP contribution in [0, 0.1) is 24.7 Å². The number of benzene rings is 1. The molecule has 1 amide bonds. The van der Waals surface area contributed by atoms with Gasteiger partial charge in [0.05, 0.1) is 17.8 Å². The Bertz CT molecular complexity index is 973. The summed E-state index contributed by atoms with van der Waals surface area (Å²) in [6.07, 6.45) is 8.61. The Balaban J connectivity index is 1.27. The molecule has 2 heterocycles. The summed E-state index contributed by atoms with van der Waals surface area (Å²) in [6.45, 7) is 6.73. The molecule has 6 nitrogen and oxygen atoms in total. The minimum Gasteiger partial charge on any atom is -0.395 e. The van der Waals surface area contributed by atoms with Gasteiger partial charge in [0, 0.05) is 44.5 Å². The third-order valence-corrected chi connectivity index (χ3v) is 8.14. The molecule has 178 valence electrons. The lowest BCUT2D eigenvalue weighted by Crippen LogP contribution is -2.47. The average Bonchev–Trinajstić information content (AvgIpc) is 2.81. The van der Waals surface area contributed by atoms with E-state index in [1.165, 1.54) is 38.5 Å². The molecule has 2 unspecified atom stereocenters. The van der Waals surface area contributed by atoms with Crippen molar-refractivity contribution in [2.45, 2.75) is 51.9 Å². The zero-order valence-corrected chi connectivity index (χ0v) is 19.9. The first kappa shape index (κ1) is 22.6. The minimum atomic E-state index is 0.152. The molecule has 2 aliphatic carbocycles. The molecule has 0 radical (unpaired) electrons. The largest absolute Gasteiger partial charge is 0.395 e. The number of fused-ring (bicyclic) bond motifs is 3. The summed E-state index contributed by atoms with van der Waals surface area (Å²) in [5, 5.41) is 13.4. The van der Waals surface area contributed by atoms with Crippen molar-refractivity contribution in [2.24, 2.45) is 17.8 Å². The Morgan fingerprint density at radius 2 is 1.82 bits per heavy atom. The van der Waals surface area contributed by atoms with E-state index in [2.05, 4.69) is 46.3 Å². The number of piperazine rings is 1. The van der Waals surface area contributed by atoms with Crippen molar-refractivity contribution < 1.29 is 9.90 Å². The fourth-order valence-corrected chi connectivity index (χ4v) is 6.48. The normalized spacial score (nSPS) is 25.9. The second-order valence-corrected chi connectivity index (χ2v) is 10.5. The SMILES string of the molecule is Cc1ccc2nc(N3CCN(CCO)CC3)ccc2c1NC(=O)CC1CC2CCCC(C2)C1. The molecule has 33 heavy (non-hydrogen) atoms. The number of hydrogen-bond donors (Lipinski definition) is 2. The summed E-state index contributed by atoms with van der Waals surface area (Å²) in [6, 6.07) is 8.33. The van der Waals surface area contributed by atoms with Crippen molar-refractivity contribution in [1.82, 2.24) is 9.88 Å². The van der Waals surface area contributed by atoms with Gasteiger partial charge in [0.15, 0.2) is 0 Å². The number of aryl methyl sites for hydroxylation is 1. The molecule has 2 bridgehead atoms. The van der Waals surface area contributed by atoms with Crippen LogP contribution < -0.4 is 10.2 Å². The van der Waals surface area contributed by atoms with Crippen LogP contribution in [0.5, 0.6) is 0 Å².